The first kappa shape index (κ1) is 11.3. The Balaban J connectivity index is 0.00000121. The number of hydrogen-bond acceptors (Lipinski definition) is 4. The van der Waals surface area contributed by atoms with E-state index in [0.29, 0.717) is 12.2 Å². The van der Waals surface area contributed by atoms with Crippen LogP contribution in [0, 0.1) is 0 Å². The van der Waals surface area contributed by atoms with Gasteiger partial charge in [-0.3, -0.25) is 16.3 Å². The van der Waals surface area contributed by atoms with Crippen LogP contribution in [0.5, 0.6) is 0 Å². The molecule has 0 atom stereocenters. The molecule has 0 aliphatic carbocycles. The fourth-order valence-electron chi connectivity index (χ4n) is 0.771. The van der Waals surface area contributed by atoms with E-state index in [1.165, 1.54) is 0 Å². The second kappa shape index (κ2) is 5.91. The number of nitrogens with one attached hydrogen (secondary N) is 1. The largest absolute Gasteiger partial charge is 0.390 e. The van der Waals surface area contributed by atoms with Crippen LogP contribution in [-0.4, -0.2) is 10.1 Å². The second-order valence-electron chi connectivity index (χ2n) is 2.20. The summed E-state index contributed by atoms with van der Waals surface area (Å²) in [4.78, 5) is 3.97. The van der Waals surface area contributed by atoms with Crippen molar-refractivity contribution in [3.63, 3.8) is 0 Å². The summed E-state index contributed by atoms with van der Waals surface area (Å²) in [5.41, 5.74) is 4.20. The van der Waals surface area contributed by atoms with Crippen LogP contribution in [0.3, 0.4) is 0 Å². The lowest BCUT2D eigenvalue weighted by Gasteiger charge is -1.99. The Hall–Kier alpha value is -0.680. The molecule has 0 aliphatic rings. The van der Waals surface area contributed by atoms with E-state index in [4.69, 9.17) is 10.9 Å². The van der Waals surface area contributed by atoms with Crippen molar-refractivity contribution < 1.29 is 5.11 Å². The molecule has 0 aromatic carbocycles. The summed E-state index contributed by atoms with van der Waals surface area (Å²) in [5, 5.41) is 8.66. The molecule has 0 amide bonds. The van der Waals surface area contributed by atoms with Gasteiger partial charge >= 0.3 is 0 Å². The molecule has 0 bridgehead atoms. The van der Waals surface area contributed by atoms with Crippen molar-refractivity contribution in [1.29, 1.82) is 0 Å². The molecule has 1 heterocycles. The van der Waals surface area contributed by atoms with Gasteiger partial charge < -0.3 is 5.11 Å². The number of pyridine rings is 1. The van der Waals surface area contributed by atoms with Crippen molar-refractivity contribution >= 4 is 12.4 Å². The first-order valence-electron chi connectivity index (χ1n) is 3.35. The number of rotatable bonds is 3. The minimum absolute atomic E-state index is 0. The average molecular weight is 190 g/mol. The summed E-state index contributed by atoms with van der Waals surface area (Å²) >= 11 is 0. The zero-order chi connectivity index (χ0) is 8.10. The van der Waals surface area contributed by atoms with Gasteiger partial charge in [0.1, 0.15) is 0 Å². The van der Waals surface area contributed by atoms with Crippen molar-refractivity contribution in [3.8, 4) is 0 Å². The quantitative estimate of drug-likeness (QED) is 0.461. The maximum Gasteiger partial charge on any atom is 0.0852 e. The molecule has 0 saturated carbocycles. The molecular weight excluding hydrogens is 178 g/mol. The number of hydrazine groups is 1. The van der Waals surface area contributed by atoms with E-state index < -0.39 is 0 Å². The van der Waals surface area contributed by atoms with Crippen LogP contribution >= 0.6 is 12.4 Å². The number of nitrogens with two attached hydrogens (primary N) is 1. The summed E-state index contributed by atoms with van der Waals surface area (Å²) in [6, 6.07) is 3.64. The molecule has 0 aliphatic heterocycles. The predicted octanol–water partition coefficient (Wildman–Crippen LogP) is -0.0410. The van der Waals surface area contributed by atoms with Gasteiger partial charge in [0.2, 0.25) is 0 Å². The highest BCUT2D eigenvalue weighted by molar-refractivity contribution is 5.85. The smallest absolute Gasteiger partial charge is 0.0852 e. The lowest BCUT2D eigenvalue weighted by Crippen LogP contribution is -2.20. The Kier molecular flexibility index (Phi) is 5.57. The molecule has 0 saturated heterocycles. The minimum atomic E-state index is -0.0175. The third-order valence-electron chi connectivity index (χ3n) is 1.35. The number of aliphatic hydroxyl groups excluding tert-OH is 1. The molecule has 12 heavy (non-hydrogen) atoms. The van der Waals surface area contributed by atoms with Gasteiger partial charge in [-0.05, 0) is 11.6 Å². The van der Waals surface area contributed by atoms with Crippen LogP contribution in [0.15, 0.2) is 18.3 Å². The summed E-state index contributed by atoms with van der Waals surface area (Å²) in [7, 11) is 0. The van der Waals surface area contributed by atoms with E-state index in [-0.39, 0.29) is 19.0 Å². The number of aliphatic hydroxyl groups is 1. The maximum absolute atomic E-state index is 8.66. The lowest BCUT2D eigenvalue weighted by molar-refractivity contribution is 0.277. The number of halogens is 1. The summed E-state index contributed by atoms with van der Waals surface area (Å²) < 4.78 is 0. The molecule has 0 radical (unpaired) electrons. The van der Waals surface area contributed by atoms with Crippen LogP contribution < -0.4 is 11.3 Å². The van der Waals surface area contributed by atoms with Crippen LogP contribution in [0.25, 0.3) is 0 Å². The third kappa shape index (κ3) is 3.15. The van der Waals surface area contributed by atoms with Gasteiger partial charge in [0.15, 0.2) is 0 Å². The Labute approximate surface area is 77.2 Å². The third-order valence-corrected chi connectivity index (χ3v) is 1.35. The van der Waals surface area contributed by atoms with E-state index >= 15 is 0 Å². The molecule has 0 spiro atoms. The highest BCUT2D eigenvalue weighted by Gasteiger charge is 1.92. The van der Waals surface area contributed by atoms with Crippen molar-refractivity contribution in [2.24, 2.45) is 5.84 Å². The van der Waals surface area contributed by atoms with Crippen molar-refractivity contribution in [2.45, 2.75) is 13.2 Å². The Bertz CT molecular complexity index is 214. The highest BCUT2D eigenvalue weighted by atomic mass is 35.5. The van der Waals surface area contributed by atoms with Gasteiger partial charge in [0, 0.05) is 12.7 Å². The topological polar surface area (TPSA) is 71.2 Å². The van der Waals surface area contributed by atoms with E-state index in [1.807, 2.05) is 6.07 Å². The van der Waals surface area contributed by atoms with Crippen molar-refractivity contribution in [3.05, 3.63) is 29.6 Å². The van der Waals surface area contributed by atoms with Gasteiger partial charge in [0.25, 0.3) is 0 Å². The van der Waals surface area contributed by atoms with Gasteiger partial charge in [-0.15, -0.1) is 12.4 Å². The zero-order valence-electron chi connectivity index (χ0n) is 6.53. The minimum Gasteiger partial charge on any atom is -0.390 e. The Morgan fingerprint density at radius 3 is 2.67 bits per heavy atom. The van der Waals surface area contributed by atoms with E-state index in [2.05, 4.69) is 10.4 Å². The molecule has 0 unspecified atom stereocenters. The summed E-state index contributed by atoms with van der Waals surface area (Å²) in [5.74, 6) is 5.10. The van der Waals surface area contributed by atoms with E-state index in [1.54, 1.807) is 12.3 Å². The standard InChI is InChI=1S/C7H11N3O.ClH/c8-10-4-6-1-2-7(5-11)9-3-6;/h1-3,10-11H,4-5,8H2;1H. The van der Waals surface area contributed by atoms with E-state index in [9.17, 15) is 0 Å². The fourth-order valence-corrected chi connectivity index (χ4v) is 0.771. The van der Waals surface area contributed by atoms with Crippen LogP contribution in [0.4, 0.5) is 0 Å². The molecule has 1 aromatic heterocycles. The Morgan fingerprint density at radius 2 is 2.25 bits per heavy atom. The monoisotopic (exact) mass is 189 g/mol. The zero-order valence-corrected chi connectivity index (χ0v) is 7.34. The van der Waals surface area contributed by atoms with Crippen molar-refractivity contribution in [1.82, 2.24) is 10.4 Å². The Morgan fingerprint density at radius 1 is 1.50 bits per heavy atom. The number of aromatic nitrogens is 1. The summed E-state index contributed by atoms with van der Waals surface area (Å²) in [6.07, 6.45) is 1.69. The molecule has 5 heteroatoms. The van der Waals surface area contributed by atoms with Crippen LogP contribution in [-0.2, 0) is 13.2 Å². The first-order chi connectivity index (χ1) is 5.36. The fraction of sp³-hybridized carbons (Fsp3) is 0.286. The molecule has 4 N–H and O–H groups in total. The van der Waals surface area contributed by atoms with Crippen LogP contribution in [0.1, 0.15) is 11.3 Å². The average Bonchev–Trinajstić information content (AvgIpc) is 2.07. The molecule has 68 valence electrons. The summed E-state index contributed by atoms with van der Waals surface area (Å²) in [6.45, 7) is 0.578. The molecular formula is C7H12ClN3O. The molecule has 0 fully saturated rings. The normalized spacial score (nSPS) is 9.17. The maximum atomic E-state index is 8.66. The molecule has 4 nitrogen and oxygen atoms in total. The van der Waals surface area contributed by atoms with Crippen molar-refractivity contribution in [2.75, 3.05) is 0 Å². The van der Waals surface area contributed by atoms with Gasteiger partial charge in [-0.2, -0.15) is 0 Å². The number of hydrogen-bond donors (Lipinski definition) is 3. The number of nitrogens with zero attached hydrogens (tertiary/aromatic N) is 1. The SMILES string of the molecule is Cl.NNCc1ccc(CO)nc1. The molecule has 1 rings (SSSR count). The molecule has 1 aromatic rings. The first-order valence-corrected chi connectivity index (χ1v) is 3.35. The van der Waals surface area contributed by atoms with E-state index in [0.717, 1.165) is 5.56 Å². The predicted molar refractivity (Wildman–Crippen MR) is 48.4 cm³/mol. The highest BCUT2D eigenvalue weighted by Crippen LogP contribution is 1.98. The van der Waals surface area contributed by atoms with Gasteiger partial charge in [-0.25, -0.2) is 0 Å². The van der Waals surface area contributed by atoms with Crippen LogP contribution in [0.2, 0.25) is 0 Å². The lowest BCUT2D eigenvalue weighted by atomic mass is 10.2. The van der Waals surface area contributed by atoms with Gasteiger partial charge in [-0.1, -0.05) is 6.07 Å². The second-order valence-corrected chi connectivity index (χ2v) is 2.20. The van der Waals surface area contributed by atoms with Gasteiger partial charge in [0.05, 0.1) is 12.3 Å².